The Morgan fingerprint density at radius 3 is 2.73 bits per heavy atom. The fourth-order valence-electron chi connectivity index (χ4n) is 1.06. The molecular formula is C11H11F2NO. The number of hydrogen-bond donors (Lipinski definition) is 0. The van der Waals surface area contributed by atoms with Crippen LogP contribution in [0.4, 0.5) is 8.78 Å². The van der Waals surface area contributed by atoms with Gasteiger partial charge in [-0.1, -0.05) is 13.3 Å². The lowest BCUT2D eigenvalue weighted by Gasteiger charge is -2.07. The zero-order chi connectivity index (χ0) is 11.3. The standard InChI is InChI=1S/C11H11F2NO/c1-2-3-4-15-10-6-8(7-14)5-9(12)11(10)13/h5-6H,2-4H2,1H3. The Balaban J connectivity index is 2.86. The maximum atomic E-state index is 13.1. The average Bonchev–Trinajstić information content (AvgIpc) is 2.24. The number of nitrogens with zero attached hydrogens (tertiary/aromatic N) is 1. The maximum absolute atomic E-state index is 13.1. The summed E-state index contributed by atoms with van der Waals surface area (Å²) in [5, 5.41) is 8.55. The predicted molar refractivity (Wildman–Crippen MR) is 51.5 cm³/mol. The van der Waals surface area contributed by atoms with E-state index in [0.717, 1.165) is 18.9 Å². The van der Waals surface area contributed by atoms with Crippen LogP contribution in [0.3, 0.4) is 0 Å². The minimum absolute atomic E-state index is 0.0559. The first-order valence-electron chi connectivity index (χ1n) is 4.71. The number of ether oxygens (including phenoxy) is 1. The van der Waals surface area contributed by atoms with Crippen molar-refractivity contribution in [1.29, 1.82) is 5.26 Å². The molecule has 1 aromatic rings. The molecule has 0 fully saturated rings. The van der Waals surface area contributed by atoms with Crippen LogP contribution in [-0.2, 0) is 0 Å². The lowest BCUT2D eigenvalue weighted by molar-refractivity contribution is 0.288. The molecule has 0 aromatic heterocycles. The molecule has 0 unspecified atom stereocenters. The highest BCUT2D eigenvalue weighted by Crippen LogP contribution is 2.22. The summed E-state index contributed by atoms with van der Waals surface area (Å²) in [5.74, 6) is -2.29. The van der Waals surface area contributed by atoms with E-state index >= 15 is 0 Å². The van der Waals surface area contributed by atoms with Crippen molar-refractivity contribution in [2.75, 3.05) is 6.61 Å². The first kappa shape index (κ1) is 11.4. The van der Waals surface area contributed by atoms with Crippen molar-refractivity contribution >= 4 is 0 Å². The largest absolute Gasteiger partial charge is 0.490 e. The lowest BCUT2D eigenvalue weighted by Crippen LogP contribution is -2.00. The number of hydrogen-bond acceptors (Lipinski definition) is 2. The van der Waals surface area contributed by atoms with Gasteiger partial charge in [0.05, 0.1) is 18.2 Å². The van der Waals surface area contributed by atoms with Crippen LogP contribution in [-0.4, -0.2) is 6.61 Å². The van der Waals surface area contributed by atoms with E-state index in [-0.39, 0.29) is 11.3 Å². The Labute approximate surface area is 87.1 Å². The van der Waals surface area contributed by atoms with E-state index in [2.05, 4.69) is 0 Å². The molecule has 0 aliphatic carbocycles. The van der Waals surface area contributed by atoms with Crippen molar-refractivity contribution in [3.63, 3.8) is 0 Å². The van der Waals surface area contributed by atoms with Crippen LogP contribution < -0.4 is 4.74 Å². The molecule has 1 rings (SSSR count). The van der Waals surface area contributed by atoms with Gasteiger partial charge in [0.2, 0.25) is 5.82 Å². The molecule has 0 atom stereocenters. The van der Waals surface area contributed by atoms with Crippen LogP contribution in [0.1, 0.15) is 25.3 Å². The third-order valence-corrected chi connectivity index (χ3v) is 1.88. The third kappa shape index (κ3) is 2.91. The highest BCUT2D eigenvalue weighted by molar-refractivity contribution is 5.38. The fourth-order valence-corrected chi connectivity index (χ4v) is 1.06. The lowest BCUT2D eigenvalue weighted by atomic mass is 10.2. The Bertz CT molecular complexity index is 385. The first-order chi connectivity index (χ1) is 7.19. The summed E-state index contributed by atoms with van der Waals surface area (Å²) < 4.78 is 31.1. The molecule has 0 aliphatic rings. The Kier molecular flexibility index (Phi) is 4.04. The van der Waals surface area contributed by atoms with Crippen molar-refractivity contribution in [2.24, 2.45) is 0 Å². The van der Waals surface area contributed by atoms with Gasteiger partial charge in [-0.15, -0.1) is 0 Å². The van der Waals surface area contributed by atoms with Crippen LogP contribution in [0, 0.1) is 23.0 Å². The molecule has 0 heterocycles. The minimum Gasteiger partial charge on any atom is -0.490 e. The summed E-state index contributed by atoms with van der Waals surface area (Å²) in [6.07, 6.45) is 1.67. The first-order valence-corrected chi connectivity index (χ1v) is 4.71. The van der Waals surface area contributed by atoms with Crippen molar-refractivity contribution in [2.45, 2.75) is 19.8 Å². The Hall–Kier alpha value is -1.63. The van der Waals surface area contributed by atoms with Gasteiger partial charge in [-0.25, -0.2) is 4.39 Å². The summed E-state index contributed by atoms with van der Waals surface area (Å²) in [5.41, 5.74) is 0.0559. The van der Waals surface area contributed by atoms with Crippen LogP contribution in [0.25, 0.3) is 0 Å². The molecule has 0 spiro atoms. The van der Waals surface area contributed by atoms with Gasteiger partial charge < -0.3 is 4.74 Å². The van der Waals surface area contributed by atoms with Gasteiger partial charge in [-0.2, -0.15) is 9.65 Å². The molecule has 2 nitrogen and oxygen atoms in total. The fraction of sp³-hybridized carbons (Fsp3) is 0.364. The van der Waals surface area contributed by atoms with E-state index in [1.165, 1.54) is 6.07 Å². The second-order valence-corrected chi connectivity index (χ2v) is 3.08. The van der Waals surface area contributed by atoms with E-state index in [9.17, 15) is 8.78 Å². The molecule has 80 valence electrons. The normalized spacial score (nSPS) is 9.73. The molecule has 0 N–H and O–H groups in total. The zero-order valence-corrected chi connectivity index (χ0v) is 8.39. The number of halogens is 2. The molecule has 0 saturated carbocycles. The monoisotopic (exact) mass is 211 g/mol. The smallest absolute Gasteiger partial charge is 0.200 e. The van der Waals surface area contributed by atoms with Gasteiger partial charge in [0.25, 0.3) is 0 Å². The molecule has 1 aromatic carbocycles. The topological polar surface area (TPSA) is 33.0 Å². The van der Waals surface area contributed by atoms with Gasteiger partial charge >= 0.3 is 0 Å². The third-order valence-electron chi connectivity index (χ3n) is 1.88. The molecule has 0 radical (unpaired) electrons. The average molecular weight is 211 g/mol. The van der Waals surface area contributed by atoms with E-state index in [1.807, 2.05) is 6.92 Å². The molecule has 15 heavy (non-hydrogen) atoms. The predicted octanol–water partition coefficient (Wildman–Crippen LogP) is 3.02. The van der Waals surface area contributed by atoms with Gasteiger partial charge in [0.1, 0.15) is 0 Å². The van der Waals surface area contributed by atoms with Crippen molar-refractivity contribution in [3.8, 4) is 11.8 Å². The molecular weight excluding hydrogens is 200 g/mol. The van der Waals surface area contributed by atoms with Crippen molar-refractivity contribution < 1.29 is 13.5 Å². The van der Waals surface area contributed by atoms with E-state index in [1.54, 1.807) is 6.07 Å². The van der Waals surface area contributed by atoms with E-state index < -0.39 is 11.6 Å². The van der Waals surface area contributed by atoms with Gasteiger partial charge in [0, 0.05) is 6.07 Å². The number of nitriles is 1. The summed E-state index contributed by atoms with van der Waals surface area (Å²) in [4.78, 5) is 0. The Morgan fingerprint density at radius 2 is 2.13 bits per heavy atom. The van der Waals surface area contributed by atoms with Gasteiger partial charge in [-0.3, -0.25) is 0 Å². The van der Waals surface area contributed by atoms with Crippen LogP contribution in [0.5, 0.6) is 5.75 Å². The molecule has 0 aliphatic heterocycles. The Morgan fingerprint density at radius 1 is 1.40 bits per heavy atom. The number of rotatable bonds is 4. The SMILES string of the molecule is CCCCOc1cc(C#N)cc(F)c1F. The van der Waals surface area contributed by atoms with Crippen LogP contribution in [0.2, 0.25) is 0 Å². The van der Waals surface area contributed by atoms with Crippen molar-refractivity contribution in [1.82, 2.24) is 0 Å². The van der Waals surface area contributed by atoms with E-state index in [0.29, 0.717) is 6.61 Å². The number of benzene rings is 1. The van der Waals surface area contributed by atoms with Gasteiger partial charge in [-0.05, 0) is 12.5 Å². The summed E-state index contributed by atoms with van der Waals surface area (Å²) in [7, 11) is 0. The number of unbranched alkanes of at least 4 members (excludes halogenated alkanes) is 1. The zero-order valence-electron chi connectivity index (χ0n) is 8.39. The molecule has 0 saturated heterocycles. The van der Waals surface area contributed by atoms with E-state index in [4.69, 9.17) is 10.00 Å². The second-order valence-electron chi connectivity index (χ2n) is 3.08. The van der Waals surface area contributed by atoms with Crippen LogP contribution >= 0.6 is 0 Å². The van der Waals surface area contributed by atoms with Crippen molar-refractivity contribution in [3.05, 3.63) is 29.3 Å². The summed E-state index contributed by atoms with van der Waals surface area (Å²) in [6, 6.07) is 3.79. The minimum atomic E-state index is -1.06. The molecule has 0 bridgehead atoms. The highest BCUT2D eigenvalue weighted by Gasteiger charge is 2.11. The highest BCUT2D eigenvalue weighted by atomic mass is 19.2. The summed E-state index contributed by atoms with van der Waals surface area (Å²) in [6.45, 7) is 2.29. The second kappa shape index (κ2) is 5.30. The quantitative estimate of drug-likeness (QED) is 0.717. The summed E-state index contributed by atoms with van der Waals surface area (Å²) >= 11 is 0. The van der Waals surface area contributed by atoms with Gasteiger partial charge in [0.15, 0.2) is 11.6 Å². The van der Waals surface area contributed by atoms with Crippen LogP contribution in [0.15, 0.2) is 12.1 Å². The molecule has 0 amide bonds. The maximum Gasteiger partial charge on any atom is 0.200 e. The molecule has 4 heteroatoms.